The maximum Gasteiger partial charge on any atom is 0.419 e. The molecule has 0 N–H and O–H groups in total. The van der Waals surface area contributed by atoms with Crippen molar-refractivity contribution >= 4 is 17.2 Å². The van der Waals surface area contributed by atoms with Crippen LogP contribution in [0, 0.1) is 0 Å². The number of aromatic nitrogens is 2. The molecule has 0 aliphatic rings. The molecule has 0 atom stereocenters. The van der Waals surface area contributed by atoms with Gasteiger partial charge in [-0.3, -0.25) is 0 Å². The van der Waals surface area contributed by atoms with Gasteiger partial charge in [0, 0.05) is 37.8 Å². The lowest BCUT2D eigenvalue weighted by molar-refractivity contribution is -0.137. The van der Waals surface area contributed by atoms with Crippen LogP contribution in [0.2, 0.25) is 0 Å². The largest absolute Gasteiger partial charge is 0.419 e. The average Bonchev–Trinajstić information content (AvgIpc) is 2.88. The fourth-order valence-corrected chi connectivity index (χ4v) is 2.28. The Kier molecular flexibility index (Phi) is 4.04. The predicted octanol–water partition coefficient (Wildman–Crippen LogP) is 3.24. The maximum atomic E-state index is 12.8. The first-order chi connectivity index (χ1) is 8.98. The van der Waals surface area contributed by atoms with Gasteiger partial charge in [-0.2, -0.15) is 13.2 Å². The molecule has 0 aliphatic heterocycles. The van der Waals surface area contributed by atoms with E-state index >= 15 is 0 Å². The second-order valence-corrected chi connectivity index (χ2v) is 4.95. The van der Waals surface area contributed by atoms with E-state index in [-0.39, 0.29) is 5.82 Å². The molecule has 0 fully saturated rings. The van der Waals surface area contributed by atoms with Gasteiger partial charge in [-0.1, -0.05) is 0 Å². The molecule has 2 heterocycles. The summed E-state index contributed by atoms with van der Waals surface area (Å²) in [4.78, 5) is 9.44. The van der Waals surface area contributed by atoms with E-state index in [2.05, 4.69) is 9.97 Å². The third-order valence-corrected chi connectivity index (χ3v) is 3.44. The van der Waals surface area contributed by atoms with Crippen LogP contribution in [-0.4, -0.2) is 23.6 Å². The number of likely N-dealkylation sites (N-methyl/N-ethyl adjacent to an activating group) is 1. The molecule has 0 saturated heterocycles. The topological polar surface area (TPSA) is 29.0 Å². The highest BCUT2D eigenvalue weighted by Crippen LogP contribution is 2.34. The van der Waals surface area contributed by atoms with Gasteiger partial charge in [0.1, 0.15) is 5.82 Å². The number of hydrogen-bond acceptors (Lipinski definition) is 4. The van der Waals surface area contributed by atoms with Gasteiger partial charge in [0.2, 0.25) is 0 Å². The van der Waals surface area contributed by atoms with E-state index in [0.29, 0.717) is 13.0 Å². The summed E-state index contributed by atoms with van der Waals surface area (Å²) >= 11 is 1.49. The highest BCUT2D eigenvalue weighted by atomic mass is 32.1. The van der Waals surface area contributed by atoms with Gasteiger partial charge in [0.25, 0.3) is 0 Å². The summed E-state index contributed by atoms with van der Waals surface area (Å²) in [6.45, 7) is 0.438. The summed E-state index contributed by atoms with van der Waals surface area (Å²) in [6, 6.07) is 2.34. The summed E-state index contributed by atoms with van der Waals surface area (Å²) in [5.74, 6) is -0.0495. The Morgan fingerprint density at radius 1 is 1.26 bits per heavy atom. The number of thiazole rings is 1. The molecular weight excluding hydrogens is 275 g/mol. The lowest BCUT2D eigenvalue weighted by atomic mass is 10.2. The minimum absolute atomic E-state index is 0.0495. The van der Waals surface area contributed by atoms with Crippen molar-refractivity contribution < 1.29 is 13.2 Å². The highest BCUT2D eigenvalue weighted by Gasteiger charge is 2.34. The smallest absolute Gasteiger partial charge is 0.359 e. The maximum absolute atomic E-state index is 12.8. The lowest BCUT2D eigenvalue weighted by Gasteiger charge is -2.21. The number of pyridine rings is 1. The van der Waals surface area contributed by atoms with Crippen molar-refractivity contribution in [2.75, 3.05) is 18.5 Å². The second kappa shape index (κ2) is 5.56. The van der Waals surface area contributed by atoms with Gasteiger partial charge >= 0.3 is 6.18 Å². The lowest BCUT2D eigenvalue weighted by Crippen LogP contribution is -2.24. The molecule has 0 unspecified atom stereocenters. The molecule has 0 saturated carbocycles. The molecule has 2 rings (SSSR count). The molecule has 0 aliphatic carbocycles. The van der Waals surface area contributed by atoms with Crippen molar-refractivity contribution in [1.82, 2.24) is 9.97 Å². The van der Waals surface area contributed by atoms with Gasteiger partial charge in [0.05, 0.1) is 10.6 Å². The number of alkyl halides is 3. The van der Waals surface area contributed by atoms with Gasteiger partial charge in [-0.05, 0) is 12.1 Å². The fourth-order valence-electron chi connectivity index (χ4n) is 1.67. The molecule has 0 radical (unpaired) electrons. The standard InChI is InChI=1S/C12H12F3N3S/c1-18(7-4-10-16-6-8-19-10)11-9(12(13,14)15)3-2-5-17-11/h2-3,5-6,8H,4,7H2,1H3. The van der Waals surface area contributed by atoms with Crippen LogP contribution in [0.5, 0.6) is 0 Å². The summed E-state index contributed by atoms with van der Waals surface area (Å²) in [5.41, 5.74) is -0.711. The van der Waals surface area contributed by atoms with Crippen molar-refractivity contribution in [3.05, 3.63) is 40.5 Å². The fraction of sp³-hybridized carbons (Fsp3) is 0.333. The van der Waals surface area contributed by atoms with Crippen LogP contribution in [0.3, 0.4) is 0 Å². The Morgan fingerprint density at radius 3 is 2.68 bits per heavy atom. The zero-order chi connectivity index (χ0) is 13.9. The van der Waals surface area contributed by atoms with E-state index in [1.807, 2.05) is 5.38 Å². The van der Waals surface area contributed by atoms with E-state index in [9.17, 15) is 13.2 Å². The van der Waals surface area contributed by atoms with E-state index in [1.54, 1.807) is 13.2 Å². The predicted molar refractivity (Wildman–Crippen MR) is 68.3 cm³/mol. The second-order valence-electron chi connectivity index (χ2n) is 3.97. The van der Waals surface area contributed by atoms with E-state index in [4.69, 9.17) is 0 Å². The van der Waals surface area contributed by atoms with Gasteiger partial charge < -0.3 is 4.90 Å². The molecule has 19 heavy (non-hydrogen) atoms. The van der Waals surface area contributed by atoms with Crippen molar-refractivity contribution in [1.29, 1.82) is 0 Å². The van der Waals surface area contributed by atoms with Crippen LogP contribution >= 0.6 is 11.3 Å². The molecule has 2 aromatic rings. The summed E-state index contributed by atoms with van der Waals surface area (Å²) in [7, 11) is 1.60. The monoisotopic (exact) mass is 287 g/mol. The van der Waals surface area contributed by atoms with Crippen LogP contribution in [-0.2, 0) is 12.6 Å². The van der Waals surface area contributed by atoms with E-state index in [1.165, 1.54) is 28.5 Å². The molecule has 102 valence electrons. The number of nitrogens with zero attached hydrogens (tertiary/aromatic N) is 3. The van der Waals surface area contributed by atoms with Crippen molar-refractivity contribution in [3.8, 4) is 0 Å². The minimum atomic E-state index is -4.39. The van der Waals surface area contributed by atoms with Crippen molar-refractivity contribution in [2.45, 2.75) is 12.6 Å². The van der Waals surface area contributed by atoms with Crippen LogP contribution in [0.4, 0.5) is 19.0 Å². The third kappa shape index (κ3) is 3.44. The van der Waals surface area contributed by atoms with E-state index < -0.39 is 11.7 Å². The summed E-state index contributed by atoms with van der Waals surface area (Å²) in [6.07, 6.45) is -0.743. The summed E-state index contributed by atoms with van der Waals surface area (Å²) in [5, 5.41) is 2.74. The molecule has 0 spiro atoms. The number of halogens is 3. The normalized spacial score (nSPS) is 11.6. The molecule has 0 aromatic carbocycles. The third-order valence-electron chi connectivity index (χ3n) is 2.60. The number of anilines is 1. The molecule has 3 nitrogen and oxygen atoms in total. The Hall–Kier alpha value is -1.63. The Morgan fingerprint density at radius 2 is 2.05 bits per heavy atom. The van der Waals surface area contributed by atoms with Gasteiger partial charge in [0.15, 0.2) is 0 Å². The molecular formula is C12H12F3N3S. The Labute approximate surface area is 112 Å². The quantitative estimate of drug-likeness (QED) is 0.864. The Balaban J connectivity index is 2.12. The minimum Gasteiger partial charge on any atom is -0.359 e. The van der Waals surface area contributed by atoms with Gasteiger partial charge in [-0.15, -0.1) is 11.3 Å². The highest BCUT2D eigenvalue weighted by molar-refractivity contribution is 7.09. The van der Waals surface area contributed by atoms with Crippen LogP contribution in [0.25, 0.3) is 0 Å². The van der Waals surface area contributed by atoms with Crippen LogP contribution in [0.1, 0.15) is 10.6 Å². The molecule has 0 bridgehead atoms. The molecule has 0 amide bonds. The first-order valence-corrected chi connectivity index (χ1v) is 6.48. The van der Waals surface area contributed by atoms with E-state index in [0.717, 1.165) is 11.1 Å². The first-order valence-electron chi connectivity index (χ1n) is 5.60. The van der Waals surface area contributed by atoms with Gasteiger partial charge in [-0.25, -0.2) is 9.97 Å². The SMILES string of the molecule is CN(CCc1nccs1)c1ncccc1C(F)(F)F. The molecule has 2 aromatic heterocycles. The van der Waals surface area contributed by atoms with Crippen molar-refractivity contribution in [3.63, 3.8) is 0 Å². The average molecular weight is 287 g/mol. The number of hydrogen-bond donors (Lipinski definition) is 0. The van der Waals surface area contributed by atoms with Crippen molar-refractivity contribution in [2.24, 2.45) is 0 Å². The molecule has 7 heteroatoms. The first kappa shape index (κ1) is 13.8. The number of rotatable bonds is 4. The van der Waals surface area contributed by atoms with Crippen LogP contribution < -0.4 is 4.90 Å². The zero-order valence-electron chi connectivity index (χ0n) is 10.2. The van der Waals surface area contributed by atoms with Crippen LogP contribution in [0.15, 0.2) is 29.9 Å². The zero-order valence-corrected chi connectivity index (χ0v) is 11.0. The Bertz CT molecular complexity index is 525. The summed E-state index contributed by atoms with van der Waals surface area (Å²) < 4.78 is 38.5.